The molecular weight excluding hydrogens is 498 g/mol. The van der Waals surface area contributed by atoms with Crippen molar-refractivity contribution >= 4 is 46.1 Å². The highest BCUT2D eigenvalue weighted by atomic mass is 16.5. The Kier molecular flexibility index (Phi) is 8.64. The normalized spacial score (nSPS) is 16.2. The number of carbonyl (C=O) groups is 2. The number of hydrogen-bond acceptors (Lipinski definition) is 9. The fourth-order valence-electron chi connectivity index (χ4n) is 4.69. The molecule has 0 unspecified atom stereocenters. The SMILES string of the molecule is CC(=O)N1CCN(c2ccc(Nc3ncc4ccc(NC(=O)NCCCN5CCOCC5)nc4n3)cc2)CC1. The maximum atomic E-state index is 12.3. The Balaban J connectivity index is 1.13. The lowest BCUT2D eigenvalue weighted by molar-refractivity contribution is -0.129. The summed E-state index contributed by atoms with van der Waals surface area (Å²) < 4.78 is 5.36. The van der Waals surface area contributed by atoms with Gasteiger partial charge in [-0.1, -0.05) is 0 Å². The van der Waals surface area contributed by atoms with Crippen LogP contribution in [0.2, 0.25) is 0 Å². The molecule has 0 atom stereocenters. The van der Waals surface area contributed by atoms with Gasteiger partial charge in [-0.15, -0.1) is 0 Å². The van der Waals surface area contributed by atoms with Crippen molar-refractivity contribution < 1.29 is 14.3 Å². The fourth-order valence-corrected chi connectivity index (χ4v) is 4.69. The third-order valence-electron chi connectivity index (χ3n) is 6.94. The second-order valence-electron chi connectivity index (χ2n) is 9.66. The first-order chi connectivity index (χ1) is 19.0. The van der Waals surface area contributed by atoms with Crippen LogP contribution in [0.4, 0.5) is 27.9 Å². The van der Waals surface area contributed by atoms with Crippen LogP contribution in [0.25, 0.3) is 11.0 Å². The van der Waals surface area contributed by atoms with Crippen LogP contribution >= 0.6 is 0 Å². The Morgan fingerprint density at radius 3 is 2.46 bits per heavy atom. The number of rotatable bonds is 8. The molecule has 4 heterocycles. The van der Waals surface area contributed by atoms with Crippen molar-refractivity contribution in [2.24, 2.45) is 0 Å². The van der Waals surface area contributed by atoms with Crippen molar-refractivity contribution in [3.8, 4) is 0 Å². The number of pyridine rings is 1. The van der Waals surface area contributed by atoms with Gasteiger partial charge in [-0.05, 0) is 49.4 Å². The molecule has 3 N–H and O–H groups in total. The van der Waals surface area contributed by atoms with Gasteiger partial charge in [-0.3, -0.25) is 15.0 Å². The van der Waals surface area contributed by atoms with Gasteiger partial charge in [-0.2, -0.15) is 4.98 Å². The van der Waals surface area contributed by atoms with Crippen LogP contribution in [-0.2, 0) is 9.53 Å². The minimum Gasteiger partial charge on any atom is -0.379 e. The molecule has 39 heavy (non-hydrogen) atoms. The quantitative estimate of drug-likeness (QED) is 0.374. The van der Waals surface area contributed by atoms with Crippen LogP contribution < -0.4 is 20.9 Å². The van der Waals surface area contributed by atoms with Crippen LogP contribution in [0.1, 0.15) is 13.3 Å². The van der Waals surface area contributed by atoms with E-state index in [4.69, 9.17) is 4.74 Å². The zero-order chi connectivity index (χ0) is 27.0. The molecule has 206 valence electrons. The summed E-state index contributed by atoms with van der Waals surface area (Å²) in [5.41, 5.74) is 2.45. The van der Waals surface area contributed by atoms with E-state index in [9.17, 15) is 9.59 Å². The summed E-state index contributed by atoms with van der Waals surface area (Å²) in [6.45, 7) is 9.67. The number of urea groups is 1. The molecule has 3 amide bonds. The van der Waals surface area contributed by atoms with E-state index < -0.39 is 0 Å². The van der Waals surface area contributed by atoms with Crippen molar-refractivity contribution in [3.63, 3.8) is 0 Å². The van der Waals surface area contributed by atoms with Crippen molar-refractivity contribution in [2.45, 2.75) is 13.3 Å². The first-order valence-corrected chi connectivity index (χ1v) is 13.4. The molecule has 12 heteroatoms. The summed E-state index contributed by atoms with van der Waals surface area (Å²) in [6, 6.07) is 11.3. The van der Waals surface area contributed by atoms with E-state index >= 15 is 0 Å². The highest BCUT2D eigenvalue weighted by molar-refractivity contribution is 5.89. The molecule has 0 saturated carbocycles. The lowest BCUT2D eigenvalue weighted by Gasteiger charge is -2.35. The average molecular weight is 534 g/mol. The molecule has 0 radical (unpaired) electrons. The lowest BCUT2D eigenvalue weighted by atomic mass is 10.2. The summed E-state index contributed by atoms with van der Waals surface area (Å²) in [5.74, 6) is 0.968. The Bertz CT molecular complexity index is 1270. The van der Waals surface area contributed by atoms with E-state index in [1.807, 2.05) is 35.2 Å². The first-order valence-electron chi connectivity index (χ1n) is 13.4. The van der Waals surface area contributed by atoms with Gasteiger partial charge < -0.3 is 25.2 Å². The predicted octanol–water partition coefficient (Wildman–Crippen LogP) is 2.28. The number of amides is 3. The molecule has 1 aromatic carbocycles. The number of hydrogen-bond donors (Lipinski definition) is 3. The second-order valence-corrected chi connectivity index (χ2v) is 9.66. The first kappa shape index (κ1) is 26.6. The maximum absolute atomic E-state index is 12.3. The number of piperazine rings is 1. The smallest absolute Gasteiger partial charge is 0.320 e. The van der Waals surface area contributed by atoms with Crippen molar-refractivity contribution in [2.75, 3.05) is 81.1 Å². The molecule has 0 spiro atoms. The molecule has 2 aromatic heterocycles. The molecule has 12 nitrogen and oxygen atoms in total. The van der Waals surface area contributed by atoms with E-state index in [1.54, 1.807) is 19.2 Å². The monoisotopic (exact) mass is 533 g/mol. The van der Waals surface area contributed by atoms with Gasteiger partial charge >= 0.3 is 6.03 Å². The van der Waals surface area contributed by atoms with Crippen LogP contribution in [0, 0.1) is 0 Å². The summed E-state index contributed by atoms with van der Waals surface area (Å²) in [7, 11) is 0. The Hall–Kier alpha value is -4.03. The lowest BCUT2D eigenvalue weighted by Crippen LogP contribution is -2.48. The van der Waals surface area contributed by atoms with Crippen molar-refractivity contribution in [1.82, 2.24) is 30.1 Å². The number of morpholine rings is 1. The van der Waals surface area contributed by atoms with Gasteiger partial charge in [0.1, 0.15) is 5.82 Å². The topological polar surface area (TPSA) is 128 Å². The van der Waals surface area contributed by atoms with Gasteiger partial charge in [0.15, 0.2) is 5.65 Å². The van der Waals surface area contributed by atoms with E-state index in [0.717, 1.165) is 82.2 Å². The molecule has 5 rings (SSSR count). The summed E-state index contributed by atoms with van der Waals surface area (Å²) in [5, 5.41) is 9.67. The standard InChI is InChI=1S/C27H35N9O3/c1-20(37)35-11-13-36(14-12-35)23-6-4-22(5-7-23)30-26-29-19-21-3-8-24(31-25(21)33-26)32-27(38)28-9-2-10-34-15-17-39-18-16-34/h3-8,19H,2,9-18H2,1H3,(H3,28,29,30,31,32,33,38). The molecule has 0 aliphatic carbocycles. The summed E-state index contributed by atoms with van der Waals surface area (Å²) in [6.07, 6.45) is 2.58. The molecule has 2 fully saturated rings. The Labute approximate surface area is 227 Å². The van der Waals surface area contributed by atoms with Crippen molar-refractivity contribution in [1.29, 1.82) is 0 Å². The number of aromatic nitrogens is 3. The van der Waals surface area contributed by atoms with E-state index in [-0.39, 0.29) is 11.9 Å². The number of benzene rings is 1. The average Bonchev–Trinajstić information content (AvgIpc) is 2.96. The number of carbonyl (C=O) groups excluding carboxylic acids is 2. The number of nitrogens with zero attached hydrogens (tertiary/aromatic N) is 6. The van der Waals surface area contributed by atoms with Gasteiger partial charge in [0.2, 0.25) is 11.9 Å². The predicted molar refractivity (Wildman–Crippen MR) is 150 cm³/mol. The Morgan fingerprint density at radius 1 is 0.949 bits per heavy atom. The second kappa shape index (κ2) is 12.7. The largest absolute Gasteiger partial charge is 0.379 e. The fraction of sp³-hybridized carbons (Fsp3) is 0.444. The Morgan fingerprint density at radius 2 is 1.72 bits per heavy atom. The minimum atomic E-state index is -0.293. The molecular formula is C27H35N9O3. The third kappa shape index (κ3) is 7.30. The van der Waals surface area contributed by atoms with Crippen LogP contribution in [0.15, 0.2) is 42.6 Å². The van der Waals surface area contributed by atoms with Gasteiger partial charge in [0.25, 0.3) is 0 Å². The maximum Gasteiger partial charge on any atom is 0.320 e. The molecule has 0 bridgehead atoms. The summed E-state index contributed by atoms with van der Waals surface area (Å²) >= 11 is 0. The number of nitrogens with one attached hydrogen (secondary N) is 3. The summed E-state index contributed by atoms with van der Waals surface area (Å²) in [4.78, 5) is 43.8. The molecule has 2 aliphatic rings. The van der Waals surface area contributed by atoms with Gasteiger partial charge in [0, 0.05) is 75.7 Å². The van der Waals surface area contributed by atoms with Crippen LogP contribution in [0.5, 0.6) is 0 Å². The van der Waals surface area contributed by atoms with Crippen LogP contribution in [-0.4, -0.2) is 102 Å². The zero-order valence-electron chi connectivity index (χ0n) is 22.2. The van der Waals surface area contributed by atoms with Gasteiger partial charge in [-0.25, -0.2) is 14.8 Å². The van der Waals surface area contributed by atoms with E-state index in [1.165, 1.54) is 0 Å². The minimum absolute atomic E-state index is 0.125. The highest BCUT2D eigenvalue weighted by Gasteiger charge is 2.18. The number of ether oxygens (including phenoxy) is 1. The highest BCUT2D eigenvalue weighted by Crippen LogP contribution is 2.22. The molecule has 2 aliphatic heterocycles. The zero-order valence-corrected chi connectivity index (χ0v) is 22.2. The van der Waals surface area contributed by atoms with E-state index in [0.29, 0.717) is 24.0 Å². The third-order valence-corrected chi connectivity index (χ3v) is 6.94. The number of anilines is 4. The number of fused-ring (bicyclic) bond motifs is 1. The van der Waals surface area contributed by atoms with Crippen LogP contribution in [0.3, 0.4) is 0 Å². The molecule has 3 aromatic rings. The van der Waals surface area contributed by atoms with Crippen molar-refractivity contribution in [3.05, 3.63) is 42.6 Å². The van der Waals surface area contributed by atoms with E-state index in [2.05, 4.69) is 40.7 Å². The van der Waals surface area contributed by atoms with Gasteiger partial charge in [0.05, 0.1) is 13.2 Å². The molecule has 2 saturated heterocycles.